The number of thioether (sulfide) groups is 1. The average Bonchev–Trinajstić information content (AvgIpc) is 3.30. The molecule has 2 aliphatic heterocycles. The third-order valence-electron chi connectivity index (χ3n) is 6.12. The third kappa shape index (κ3) is 4.42. The van der Waals surface area contributed by atoms with Gasteiger partial charge in [0, 0.05) is 37.5 Å². The standard InChI is InChI=1S/C23H27N3O4S2/c1-17-8-9-20(14-18(17)2)32(29,30)25-12-10-24(11-13-25)23(28)21-15-31-16-26(21)22(27)19-6-4-3-5-7-19/h3-9,14,21H,10-13,15-16H2,1-2H3/t21-/m0/s1. The Bertz CT molecular complexity index is 1110. The van der Waals surface area contributed by atoms with Crippen molar-refractivity contribution >= 4 is 33.6 Å². The summed E-state index contributed by atoms with van der Waals surface area (Å²) in [4.78, 5) is 29.7. The molecule has 9 heteroatoms. The number of carbonyl (C=O) groups is 2. The van der Waals surface area contributed by atoms with Gasteiger partial charge < -0.3 is 9.80 Å². The lowest BCUT2D eigenvalue weighted by Crippen LogP contribution is -2.55. The molecule has 1 atom stereocenters. The van der Waals surface area contributed by atoms with E-state index in [9.17, 15) is 18.0 Å². The van der Waals surface area contributed by atoms with Crippen LogP contribution < -0.4 is 0 Å². The smallest absolute Gasteiger partial charge is 0.255 e. The predicted octanol–water partition coefficient (Wildman–Crippen LogP) is 2.35. The van der Waals surface area contributed by atoms with Crippen LogP contribution in [0.3, 0.4) is 0 Å². The van der Waals surface area contributed by atoms with E-state index in [4.69, 9.17) is 0 Å². The van der Waals surface area contributed by atoms with Crippen LogP contribution in [-0.2, 0) is 14.8 Å². The van der Waals surface area contributed by atoms with E-state index < -0.39 is 16.1 Å². The van der Waals surface area contributed by atoms with Crippen molar-refractivity contribution in [3.05, 3.63) is 65.2 Å². The highest BCUT2D eigenvalue weighted by molar-refractivity contribution is 7.99. The van der Waals surface area contributed by atoms with E-state index in [0.717, 1.165) is 11.1 Å². The molecule has 0 saturated carbocycles. The van der Waals surface area contributed by atoms with Crippen molar-refractivity contribution in [3.63, 3.8) is 0 Å². The largest absolute Gasteiger partial charge is 0.338 e. The van der Waals surface area contributed by atoms with Crippen LogP contribution in [0.1, 0.15) is 21.5 Å². The van der Waals surface area contributed by atoms with Crippen molar-refractivity contribution in [3.8, 4) is 0 Å². The van der Waals surface area contributed by atoms with E-state index in [1.807, 2.05) is 38.1 Å². The molecule has 0 spiro atoms. The molecule has 4 rings (SSSR count). The number of rotatable bonds is 4. The molecule has 32 heavy (non-hydrogen) atoms. The first kappa shape index (κ1) is 22.8. The molecular formula is C23H27N3O4S2. The zero-order chi connectivity index (χ0) is 22.9. The number of hydrogen-bond acceptors (Lipinski definition) is 5. The quantitative estimate of drug-likeness (QED) is 0.681. The van der Waals surface area contributed by atoms with Gasteiger partial charge in [-0.25, -0.2) is 8.42 Å². The Morgan fingerprint density at radius 1 is 0.938 bits per heavy atom. The molecule has 7 nitrogen and oxygen atoms in total. The van der Waals surface area contributed by atoms with Crippen molar-refractivity contribution < 1.29 is 18.0 Å². The fourth-order valence-corrected chi connectivity index (χ4v) is 6.63. The van der Waals surface area contributed by atoms with E-state index in [-0.39, 0.29) is 29.8 Å². The molecule has 0 N–H and O–H groups in total. The minimum absolute atomic E-state index is 0.109. The second kappa shape index (κ2) is 9.25. The zero-order valence-electron chi connectivity index (χ0n) is 18.2. The molecule has 2 saturated heterocycles. The molecule has 0 bridgehead atoms. The van der Waals surface area contributed by atoms with Gasteiger partial charge in [-0.2, -0.15) is 4.31 Å². The molecule has 2 aliphatic rings. The first-order valence-corrected chi connectivity index (χ1v) is 13.2. The van der Waals surface area contributed by atoms with Crippen LogP contribution >= 0.6 is 11.8 Å². The van der Waals surface area contributed by atoms with E-state index in [1.54, 1.807) is 45.8 Å². The Kier molecular flexibility index (Phi) is 6.60. The van der Waals surface area contributed by atoms with Gasteiger partial charge in [-0.1, -0.05) is 24.3 Å². The number of aryl methyl sites for hydroxylation is 2. The molecule has 0 radical (unpaired) electrons. The van der Waals surface area contributed by atoms with Crippen molar-refractivity contribution in [1.82, 2.24) is 14.1 Å². The summed E-state index contributed by atoms with van der Waals surface area (Å²) in [5.41, 5.74) is 2.54. The Morgan fingerprint density at radius 2 is 1.62 bits per heavy atom. The average molecular weight is 474 g/mol. The summed E-state index contributed by atoms with van der Waals surface area (Å²) in [7, 11) is -3.60. The second-order valence-electron chi connectivity index (χ2n) is 8.13. The van der Waals surface area contributed by atoms with Gasteiger partial charge in [0.1, 0.15) is 6.04 Å². The van der Waals surface area contributed by atoms with Crippen LogP contribution in [0.15, 0.2) is 53.4 Å². The minimum Gasteiger partial charge on any atom is -0.338 e. The number of carbonyl (C=O) groups excluding carboxylic acids is 2. The summed E-state index contributed by atoms with van der Waals surface area (Å²) in [6, 6.07) is 13.6. The van der Waals surface area contributed by atoms with Gasteiger partial charge in [0.25, 0.3) is 5.91 Å². The maximum atomic E-state index is 13.2. The molecule has 2 fully saturated rings. The van der Waals surface area contributed by atoms with Crippen LogP contribution in [0.2, 0.25) is 0 Å². The van der Waals surface area contributed by atoms with Gasteiger partial charge in [-0.15, -0.1) is 11.8 Å². The fraction of sp³-hybridized carbons (Fsp3) is 0.391. The summed E-state index contributed by atoms with van der Waals surface area (Å²) < 4.78 is 27.5. The highest BCUT2D eigenvalue weighted by Crippen LogP contribution is 2.26. The van der Waals surface area contributed by atoms with Gasteiger partial charge >= 0.3 is 0 Å². The number of piperazine rings is 1. The molecule has 0 aromatic heterocycles. The third-order valence-corrected chi connectivity index (χ3v) is 9.02. The highest BCUT2D eigenvalue weighted by atomic mass is 32.2. The number of nitrogens with zero attached hydrogens (tertiary/aromatic N) is 3. The lowest BCUT2D eigenvalue weighted by molar-refractivity contribution is -0.136. The topological polar surface area (TPSA) is 78.0 Å². The lowest BCUT2D eigenvalue weighted by Gasteiger charge is -2.36. The van der Waals surface area contributed by atoms with Gasteiger partial charge in [0.2, 0.25) is 15.9 Å². The molecule has 2 amide bonds. The molecular weight excluding hydrogens is 446 g/mol. The van der Waals surface area contributed by atoms with Crippen molar-refractivity contribution in [2.24, 2.45) is 0 Å². The van der Waals surface area contributed by atoms with E-state index in [1.165, 1.54) is 4.31 Å². The summed E-state index contributed by atoms with van der Waals surface area (Å²) >= 11 is 1.56. The summed E-state index contributed by atoms with van der Waals surface area (Å²) in [5, 5.41) is 0. The Hall–Kier alpha value is -2.36. The zero-order valence-corrected chi connectivity index (χ0v) is 19.9. The molecule has 2 aromatic rings. The van der Waals surface area contributed by atoms with Crippen molar-refractivity contribution in [2.45, 2.75) is 24.8 Å². The number of sulfonamides is 1. The van der Waals surface area contributed by atoms with Crippen LogP contribution in [-0.4, -0.2) is 78.2 Å². The Balaban J connectivity index is 1.42. The molecule has 170 valence electrons. The van der Waals surface area contributed by atoms with E-state index >= 15 is 0 Å². The van der Waals surface area contributed by atoms with Crippen LogP contribution in [0.4, 0.5) is 0 Å². The fourth-order valence-electron chi connectivity index (χ4n) is 3.98. The van der Waals surface area contributed by atoms with Gasteiger partial charge in [0.05, 0.1) is 10.8 Å². The number of hydrogen-bond donors (Lipinski definition) is 0. The minimum atomic E-state index is -3.60. The Morgan fingerprint density at radius 3 is 2.28 bits per heavy atom. The van der Waals surface area contributed by atoms with Crippen LogP contribution in [0.5, 0.6) is 0 Å². The molecule has 0 aliphatic carbocycles. The normalized spacial score (nSPS) is 19.9. The van der Waals surface area contributed by atoms with Crippen molar-refractivity contribution in [2.75, 3.05) is 37.8 Å². The van der Waals surface area contributed by atoms with Gasteiger partial charge in [-0.05, 0) is 49.2 Å². The van der Waals surface area contributed by atoms with E-state index in [0.29, 0.717) is 30.3 Å². The predicted molar refractivity (Wildman–Crippen MR) is 125 cm³/mol. The molecule has 2 aromatic carbocycles. The first-order valence-electron chi connectivity index (χ1n) is 10.6. The summed E-state index contributed by atoms with van der Waals surface area (Å²) in [6.45, 7) is 4.96. The van der Waals surface area contributed by atoms with Gasteiger partial charge in [-0.3, -0.25) is 9.59 Å². The lowest BCUT2D eigenvalue weighted by atomic mass is 10.1. The molecule has 2 heterocycles. The Labute approximate surface area is 193 Å². The van der Waals surface area contributed by atoms with Crippen LogP contribution in [0, 0.1) is 13.8 Å². The monoisotopic (exact) mass is 473 g/mol. The number of amides is 2. The maximum Gasteiger partial charge on any atom is 0.255 e. The van der Waals surface area contributed by atoms with Crippen molar-refractivity contribution in [1.29, 1.82) is 0 Å². The highest BCUT2D eigenvalue weighted by Gasteiger charge is 2.39. The van der Waals surface area contributed by atoms with Gasteiger partial charge in [0.15, 0.2) is 0 Å². The summed E-state index contributed by atoms with van der Waals surface area (Å²) in [6.07, 6.45) is 0. The maximum absolute atomic E-state index is 13.2. The molecule has 0 unspecified atom stereocenters. The van der Waals surface area contributed by atoms with E-state index in [2.05, 4.69) is 0 Å². The SMILES string of the molecule is Cc1ccc(S(=O)(=O)N2CCN(C(=O)[C@@H]3CSCN3C(=O)c3ccccc3)CC2)cc1C. The first-order chi connectivity index (χ1) is 15.3. The summed E-state index contributed by atoms with van der Waals surface area (Å²) in [5.74, 6) is 0.775. The second-order valence-corrected chi connectivity index (χ2v) is 11.1. The number of benzene rings is 2. The van der Waals surface area contributed by atoms with Crippen LogP contribution in [0.25, 0.3) is 0 Å².